The minimum atomic E-state index is -1.44. The lowest BCUT2D eigenvalue weighted by atomic mass is 10.4. The van der Waals surface area contributed by atoms with Crippen LogP contribution in [-0.2, 0) is 6.54 Å². The fourth-order valence-corrected chi connectivity index (χ4v) is 1.71. The molecule has 0 fully saturated rings. The summed E-state index contributed by atoms with van der Waals surface area (Å²) in [5, 5.41) is 23.1. The third-order valence-electron chi connectivity index (χ3n) is 2.09. The van der Waals surface area contributed by atoms with Crippen LogP contribution in [0.3, 0.4) is 0 Å². The molecule has 2 aromatic heterocycles. The van der Waals surface area contributed by atoms with Crippen molar-refractivity contribution in [3.05, 3.63) is 44.6 Å². The Bertz CT molecular complexity index is 586. The first-order valence-electron chi connectivity index (χ1n) is 4.66. The van der Waals surface area contributed by atoms with Crippen LogP contribution in [0.15, 0.2) is 27.4 Å². The van der Waals surface area contributed by atoms with E-state index in [4.69, 9.17) is 9.52 Å². The Labute approximate surface area is 108 Å². The minimum Gasteiger partial charge on any atom is -0.476 e. The van der Waals surface area contributed by atoms with Gasteiger partial charge in [0.1, 0.15) is 12.0 Å². The molecule has 0 aliphatic heterocycles. The van der Waals surface area contributed by atoms with Crippen LogP contribution in [0.1, 0.15) is 16.2 Å². The average Bonchev–Trinajstić information content (AvgIpc) is 2.85. The second-order valence-corrected chi connectivity index (χ2v) is 4.11. The zero-order valence-corrected chi connectivity index (χ0v) is 10.3. The lowest BCUT2D eigenvalue weighted by Crippen LogP contribution is -2.04. The van der Waals surface area contributed by atoms with E-state index in [0.717, 1.165) is 10.9 Å². The highest BCUT2D eigenvalue weighted by molar-refractivity contribution is 9.10. The van der Waals surface area contributed by atoms with E-state index in [1.165, 1.54) is 0 Å². The molecule has 18 heavy (non-hydrogen) atoms. The number of nitro groups is 1. The lowest BCUT2D eigenvalue weighted by Gasteiger charge is -1.95. The van der Waals surface area contributed by atoms with Crippen molar-refractivity contribution in [2.45, 2.75) is 6.54 Å². The smallest absolute Gasteiger partial charge is 0.363 e. The summed E-state index contributed by atoms with van der Waals surface area (Å²) in [6.45, 7) is 0.111. The van der Waals surface area contributed by atoms with Crippen molar-refractivity contribution < 1.29 is 19.2 Å². The number of aromatic carboxylic acids is 1. The summed E-state index contributed by atoms with van der Waals surface area (Å²) in [5.41, 5.74) is -1.14. The normalized spacial score (nSPS) is 10.5. The number of rotatable bonds is 4. The molecule has 2 rings (SSSR count). The van der Waals surface area contributed by atoms with Gasteiger partial charge in [0.2, 0.25) is 5.69 Å². The minimum absolute atomic E-state index is 0.111. The van der Waals surface area contributed by atoms with Crippen LogP contribution >= 0.6 is 15.9 Å². The van der Waals surface area contributed by atoms with Crippen molar-refractivity contribution in [3.63, 3.8) is 0 Å². The van der Waals surface area contributed by atoms with Crippen molar-refractivity contribution in [3.8, 4) is 0 Å². The van der Waals surface area contributed by atoms with Gasteiger partial charge in [-0.1, -0.05) is 0 Å². The van der Waals surface area contributed by atoms with Crippen LogP contribution in [0.4, 0.5) is 5.69 Å². The first-order valence-corrected chi connectivity index (χ1v) is 5.46. The van der Waals surface area contributed by atoms with Crippen LogP contribution in [0.2, 0.25) is 0 Å². The molecule has 9 heteroatoms. The molecule has 0 amide bonds. The van der Waals surface area contributed by atoms with Gasteiger partial charge in [-0.3, -0.25) is 14.8 Å². The molecule has 0 unspecified atom stereocenters. The quantitative estimate of drug-likeness (QED) is 0.681. The summed E-state index contributed by atoms with van der Waals surface area (Å²) in [7, 11) is 0. The molecule has 8 nitrogen and oxygen atoms in total. The van der Waals surface area contributed by atoms with Crippen LogP contribution in [0.5, 0.6) is 0 Å². The zero-order valence-electron chi connectivity index (χ0n) is 8.74. The van der Waals surface area contributed by atoms with Crippen LogP contribution in [-0.4, -0.2) is 25.8 Å². The van der Waals surface area contributed by atoms with E-state index in [9.17, 15) is 14.9 Å². The maximum atomic E-state index is 10.8. The average molecular weight is 316 g/mol. The molecule has 2 heterocycles. The summed E-state index contributed by atoms with van der Waals surface area (Å²) in [4.78, 5) is 20.7. The van der Waals surface area contributed by atoms with Crippen molar-refractivity contribution >= 4 is 27.6 Å². The Kier molecular flexibility index (Phi) is 3.15. The summed E-state index contributed by atoms with van der Waals surface area (Å²) in [5.74, 6) is -0.947. The molecular formula is C9H6BrN3O5. The fourth-order valence-electron chi connectivity index (χ4n) is 1.37. The number of hydrogen-bond acceptors (Lipinski definition) is 5. The van der Waals surface area contributed by atoms with Crippen molar-refractivity contribution in [2.75, 3.05) is 0 Å². The van der Waals surface area contributed by atoms with Gasteiger partial charge in [0.25, 0.3) is 0 Å². The van der Waals surface area contributed by atoms with E-state index in [-0.39, 0.29) is 6.54 Å². The zero-order chi connectivity index (χ0) is 13.3. The van der Waals surface area contributed by atoms with Crippen molar-refractivity contribution in [1.82, 2.24) is 9.78 Å². The number of furan rings is 1. The highest BCUT2D eigenvalue weighted by atomic mass is 79.9. The highest BCUT2D eigenvalue weighted by Gasteiger charge is 2.25. The summed E-state index contributed by atoms with van der Waals surface area (Å²) in [6.07, 6.45) is 1.06. The number of halogens is 1. The van der Waals surface area contributed by atoms with Gasteiger partial charge in [-0.25, -0.2) is 4.79 Å². The van der Waals surface area contributed by atoms with Gasteiger partial charge in [-0.15, -0.1) is 0 Å². The van der Waals surface area contributed by atoms with Gasteiger partial charge < -0.3 is 9.52 Å². The molecule has 0 aromatic carbocycles. The largest absolute Gasteiger partial charge is 0.476 e. The van der Waals surface area contributed by atoms with Crippen molar-refractivity contribution in [2.24, 2.45) is 0 Å². The molecule has 0 aliphatic rings. The molecule has 0 aliphatic carbocycles. The summed E-state index contributed by atoms with van der Waals surface area (Å²) in [6, 6.07) is 3.31. The molecule has 94 valence electrons. The van der Waals surface area contributed by atoms with Gasteiger partial charge in [-0.2, -0.15) is 5.10 Å². The molecule has 0 saturated heterocycles. The maximum absolute atomic E-state index is 10.8. The molecule has 2 aromatic rings. The second-order valence-electron chi connectivity index (χ2n) is 3.33. The predicted octanol–water partition coefficient (Wildman–Crippen LogP) is 1.89. The first kappa shape index (κ1) is 12.3. The number of carboxylic acid groups (broad SMARTS) is 1. The summed E-state index contributed by atoms with van der Waals surface area (Å²) >= 11 is 3.11. The van der Waals surface area contributed by atoms with Crippen LogP contribution in [0, 0.1) is 10.1 Å². The van der Waals surface area contributed by atoms with E-state index in [1.54, 1.807) is 12.1 Å². The van der Waals surface area contributed by atoms with E-state index >= 15 is 0 Å². The Morgan fingerprint density at radius 1 is 1.61 bits per heavy atom. The topological polar surface area (TPSA) is 111 Å². The Hall–Kier alpha value is -2.16. The van der Waals surface area contributed by atoms with Gasteiger partial charge in [0.05, 0.1) is 11.5 Å². The molecule has 0 atom stereocenters. The number of aromatic nitrogens is 2. The SMILES string of the molecule is O=C(O)c1nn(Cc2ccc(Br)o2)cc1[N+](=O)[O-]. The van der Waals surface area contributed by atoms with Crippen LogP contribution in [0.25, 0.3) is 0 Å². The maximum Gasteiger partial charge on any atom is 0.363 e. The Morgan fingerprint density at radius 3 is 2.78 bits per heavy atom. The second kappa shape index (κ2) is 4.61. The van der Waals surface area contributed by atoms with Gasteiger partial charge in [-0.05, 0) is 28.1 Å². The molecule has 0 radical (unpaired) electrons. The van der Waals surface area contributed by atoms with E-state index in [2.05, 4.69) is 21.0 Å². The van der Waals surface area contributed by atoms with E-state index in [1.807, 2.05) is 0 Å². The van der Waals surface area contributed by atoms with Crippen molar-refractivity contribution in [1.29, 1.82) is 0 Å². The van der Waals surface area contributed by atoms with E-state index in [0.29, 0.717) is 10.4 Å². The predicted molar refractivity (Wildman–Crippen MR) is 61.4 cm³/mol. The van der Waals surface area contributed by atoms with E-state index < -0.39 is 22.3 Å². The fraction of sp³-hybridized carbons (Fsp3) is 0.111. The third-order valence-corrected chi connectivity index (χ3v) is 2.51. The van der Waals surface area contributed by atoms with Crippen LogP contribution < -0.4 is 0 Å². The molecule has 1 N–H and O–H groups in total. The molecule has 0 spiro atoms. The van der Waals surface area contributed by atoms with Gasteiger partial charge in [0.15, 0.2) is 4.67 Å². The first-order chi connectivity index (χ1) is 8.47. The third kappa shape index (κ3) is 2.40. The Balaban J connectivity index is 2.32. The monoisotopic (exact) mass is 315 g/mol. The lowest BCUT2D eigenvalue weighted by molar-refractivity contribution is -0.385. The highest BCUT2D eigenvalue weighted by Crippen LogP contribution is 2.19. The Morgan fingerprint density at radius 2 is 2.33 bits per heavy atom. The van der Waals surface area contributed by atoms with Gasteiger partial charge >= 0.3 is 11.7 Å². The number of carboxylic acids is 1. The van der Waals surface area contributed by atoms with Gasteiger partial charge in [0, 0.05) is 0 Å². The summed E-state index contributed by atoms with van der Waals surface area (Å²) < 4.78 is 6.85. The number of hydrogen-bond donors (Lipinski definition) is 1. The number of nitrogens with zero attached hydrogens (tertiary/aromatic N) is 3. The molecular weight excluding hydrogens is 310 g/mol. The molecule has 0 bridgehead atoms. The molecule has 0 saturated carbocycles. The standard InChI is InChI=1S/C9H6BrN3O5/c10-7-2-1-5(18-7)3-12-4-6(13(16)17)8(11-12)9(14)15/h1-2,4H,3H2,(H,14,15). The number of carbonyl (C=O) groups is 1.